The number of pyridine rings is 1. The minimum Gasteiger partial charge on any atom is -0.506 e. The third-order valence-electron chi connectivity index (χ3n) is 2.93. The van der Waals surface area contributed by atoms with Crippen molar-refractivity contribution in [2.24, 2.45) is 0 Å². The average molecular weight is 305 g/mol. The second-order valence-electron chi connectivity index (χ2n) is 4.12. The van der Waals surface area contributed by atoms with Gasteiger partial charge in [-0.25, -0.2) is 14.8 Å². The van der Waals surface area contributed by atoms with Gasteiger partial charge in [-0.05, 0) is 0 Å². The fourth-order valence-corrected chi connectivity index (χ4v) is 2.86. The van der Waals surface area contributed by atoms with Gasteiger partial charge >= 0.3 is 5.97 Å². The van der Waals surface area contributed by atoms with Crippen LogP contribution in [0, 0.1) is 0 Å². The number of nitrogens with zero attached hydrogens (tertiary/aromatic N) is 3. The lowest BCUT2D eigenvalue weighted by molar-refractivity contribution is 0.0603. The molecule has 3 rings (SSSR count). The molecular weight excluding hydrogens is 294 g/mol. The first-order valence-corrected chi connectivity index (χ1v) is 6.74. The number of hydrogen-bond acceptors (Lipinski definition) is 7. The molecule has 0 aliphatic rings. The van der Waals surface area contributed by atoms with Crippen molar-refractivity contribution >= 4 is 28.3 Å². The fourth-order valence-electron chi connectivity index (χ4n) is 1.91. The molecule has 3 aromatic rings. The first-order chi connectivity index (χ1) is 10.1. The molecule has 7 nitrogen and oxygen atoms in total. The number of hydrogen-bond donors (Lipinski definition) is 1. The van der Waals surface area contributed by atoms with Crippen LogP contribution < -0.4 is 4.74 Å². The molecular formula is C13H11N3O4S. The van der Waals surface area contributed by atoms with E-state index in [-0.39, 0.29) is 10.6 Å². The number of aromatic hydroxyl groups is 1. The van der Waals surface area contributed by atoms with Gasteiger partial charge in [-0.3, -0.25) is 4.57 Å². The number of ether oxygens (including phenoxy) is 2. The van der Waals surface area contributed by atoms with Gasteiger partial charge < -0.3 is 14.6 Å². The number of methoxy groups -OCH3 is 2. The molecule has 0 aliphatic heterocycles. The maximum absolute atomic E-state index is 11.6. The lowest BCUT2D eigenvalue weighted by Crippen LogP contribution is -1.97. The summed E-state index contributed by atoms with van der Waals surface area (Å²) >= 11 is 1.12. The predicted molar refractivity (Wildman–Crippen MR) is 76.3 cm³/mol. The van der Waals surface area contributed by atoms with Crippen LogP contribution in [0.1, 0.15) is 9.67 Å². The molecule has 0 aliphatic carbocycles. The fraction of sp³-hybridized carbons (Fsp3) is 0.154. The van der Waals surface area contributed by atoms with Crippen LogP contribution in [-0.2, 0) is 4.74 Å². The van der Waals surface area contributed by atoms with Crippen LogP contribution in [0.3, 0.4) is 0 Å². The van der Waals surface area contributed by atoms with Crippen molar-refractivity contribution in [3.8, 4) is 16.6 Å². The lowest BCUT2D eigenvalue weighted by atomic mass is 10.4. The van der Waals surface area contributed by atoms with Gasteiger partial charge in [0.25, 0.3) is 0 Å². The molecule has 0 aromatic carbocycles. The van der Waals surface area contributed by atoms with E-state index in [1.807, 2.05) is 0 Å². The Bertz CT molecular complexity index is 824. The van der Waals surface area contributed by atoms with Crippen LogP contribution in [-0.4, -0.2) is 39.8 Å². The Morgan fingerprint density at radius 2 is 2.14 bits per heavy atom. The maximum Gasteiger partial charge on any atom is 0.351 e. The summed E-state index contributed by atoms with van der Waals surface area (Å²) in [7, 11) is 2.80. The molecule has 1 N–H and O–H groups in total. The zero-order chi connectivity index (χ0) is 15.0. The second kappa shape index (κ2) is 5.06. The van der Waals surface area contributed by atoms with Crippen LogP contribution in [0.25, 0.3) is 16.0 Å². The highest BCUT2D eigenvalue weighted by Crippen LogP contribution is 2.33. The number of fused-ring (bicyclic) bond motifs is 1. The van der Waals surface area contributed by atoms with Crippen molar-refractivity contribution in [2.75, 3.05) is 14.2 Å². The zero-order valence-electron chi connectivity index (χ0n) is 11.2. The van der Waals surface area contributed by atoms with Gasteiger partial charge in [-0.1, -0.05) is 0 Å². The molecule has 21 heavy (non-hydrogen) atoms. The first kappa shape index (κ1) is 13.4. The van der Waals surface area contributed by atoms with E-state index in [2.05, 4.69) is 14.7 Å². The van der Waals surface area contributed by atoms with Gasteiger partial charge in [-0.15, -0.1) is 11.3 Å². The first-order valence-electron chi connectivity index (χ1n) is 5.92. The summed E-state index contributed by atoms with van der Waals surface area (Å²) in [6.45, 7) is 0. The van der Waals surface area contributed by atoms with Crippen molar-refractivity contribution in [2.45, 2.75) is 0 Å². The molecule has 0 unspecified atom stereocenters. The number of rotatable bonds is 3. The molecule has 0 saturated carbocycles. The Hall–Kier alpha value is -2.61. The molecule has 8 heteroatoms. The number of carbonyl (C=O) groups excluding carboxylic acids is 1. The molecule has 0 amide bonds. The summed E-state index contributed by atoms with van der Waals surface area (Å²) in [5.74, 6) is -0.240. The Kier molecular flexibility index (Phi) is 3.22. The number of carbonyl (C=O) groups is 1. The topological polar surface area (TPSA) is 86.5 Å². The highest BCUT2D eigenvalue weighted by atomic mass is 32.1. The van der Waals surface area contributed by atoms with E-state index < -0.39 is 5.97 Å². The highest BCUT2D eigenvalue weighted by molar-refractivity contribution is 7.16. The summed E-state index contributed by atoms with van der Waals surface area (Å²) in [4.78, 5) is 20.0. The third-order valence-corrected chi connectivity index (χ3v) is 4.03. The molecule has 0 atom stereocenters. The summed E-state index contributed by atoms with van der Waals surface area (Å²) in [6.07, 6.45) is 3.19. The zero-order valence-corrected chi connectivity index (χ0v) is 12.0. The van der Waals surface area contributed by atoms with Crippen molar-refractivity contribution < 1.29 is 19.4 Å². The Labute approximate surface area is 123 Å². The molecule has 3 heterocycles. The van der Waals surface area contributed by atoms with E-state index in [1.54, 1.807) is 23.2 Å². The van der Waals surface area contributed by atoms with Crippen LogP contribution >= 0.6 is 11.3 Å². The van der Waals surface area contributed by atoms with Gasteiger partial charge in [0.05, 0.1) is 25.9 Å². The minimum absolute atomic E-state index is 0.121. The van der Waals surface area contributed by atoms with Gasteiger partial charge in [-0.2, -0.15) is 0 Å². The van der Waals surface area contributed by atoms with Gasteiger partial charge in [0.2, 0.25) is 5.88 Å². The van der Waals surface area contributed by atoms with Crippen molar-refractivity contribution in [3.05, 3.63) is 29.5 Å². The van der Waals surface area contributed by atoms with Crippen molar-refractivity contribution in [1.29, 1.82) is 0 Å². The molecule has 0 saturated heterocycles. The average Bonchev–Trinajstić information content (AvgIpc) is 3.08. The molecule has 108 valence electrons. The van der Waals surface area contributed by atoms with Gasteiger partial charge in [0.1, 0.15) is 22.6 Å². The van der Waals surface area contributed by atoms with E-state index in [1.165, 1.54) is 20.3 Å². The molecule has 0 fully saturated rings. The van der Waals surface area contributed by atoms with E-state index >= 15 is 0 Å². The number of thiophene rings is 1. The molecule has 0 radical (unpaired) electrons. The third kappa shape index (κ3) is 2.19. The van der Waals surface area contributed by atoms with Crippen molar-refractivity contribution in [3.63, 3.8) is 0 Å². The quantitative estimate of drug-likeness (QED) is 0.745. The van der Waals surface area contributed by atoms with Crippen LogP contribution in [0.15, 0.2) is 24.7 Å². The largest absolute Gasteiger partial charge is 0.506 e. The Morgan fingerprint density at radius 1 is 1.33 bits per heavy atom. The van der Waals surface area contributed by atoms with E-state index in [0.717, 1.165) is 16.9 Å². The smallest absolute Gasteiger partial charge is 0.351 e. The Morgan fingerprint density at radius 3 is 2.86 bits per heavy atom. The monoisotopic (exact) mass is 305 g/mol. The molecule has 0 bridgehead atoms. The summed E-state index contributed by atoms with van der Waals surface area (Å²) in [5, 5.41) is 10.5. The normalized spacial score (nSPS) is 10.8. The molecule has 3 aromatic heterocycles. The molecule has 0 spiro atoms. The van der Waals surface area contributed by atoms with Crippen LogP contribution in [0.2, 0.25) is 0 Å². The number of imidazole rings is 1. The van der Waals surface area contributed by atoms with E-state index in [9.17, 15) is 9.90 Å². The van der Waals surface area contributed by atoms with Gasteiger partial charge in [0, 0.05) is 12.1 Å². The summed E-state index contributed by atoms with van der Waals surface area (Å²) in [5.41, 5.74) is 1.45. The van der Waals surface area contributed by atoms with E-state index in [0.29, 0.717) is 16.4 Å². The van der Waals surface area contributed by atoms with Crippen LogP contribution in [0.4, 0.5) is 0 Å². The second-order valence-corrected chi connectivity index (χ2v) is 5.15. The summed E-state index contributed by atoms with van der Waals surface area (Å²) < 4.78 is 11.5. The summed E-state index contributed by atoms with van der Waals surface area (Å²) in [6, 6.07) is 3.22. The highest BCUT2D eigenvalue weighted by Gasteiger charge is 2.18. The number of aromatic nitrogens is 3. The SMILES string of the molecule is COC(=O)c1sc(-n2cnc3cnc(OC)cc32)cc1O. The maximum atomic E-state index is 11.6. The van der Waals surface area contributed by atoms with Crippen molar-refractivity contribution in [1.82, 2.24) is 14.5 Å². The van der Waals surface area contributed by atoms with E-state index in [4.69, 9.17) is 4.74 Å². The van der Waals surface area contributed by atoms with Gasteiger partial charge in [0.15, 0.2) is 4.88 Å². The standard InChI is InChI=1S/C13H11N3O4S/c1-19-10-3-8-7(5-14-10)15-6-16(8)11-4-9(17)12(21-11)13(18)20-2/h3-6,17H,1-2H3. The lowest BCUT2D eigenvalue weighted by Gasteiger charge is -2.01. The van der Waals surface area contributed by atoms with Crippen LogP contribution in [0.5, 0.6) is 11.6 Å². The Balaban J connectivity index is 2.14. The minimum atomic E-state index is -0.576. The predicted octanol–water partition coefficient (Wildman–Crippen LogP) is 1.98. The number of esters is 1.